The van der Waals surface area contributed by atoms with Gasteiger partial charge in [0.2, 0.25) is 0 Å². The summed E-state index contributed by atoms with van der Waals surface area (Å²) in [7, 11) is 0. The molecule has 0 N–H and O–H groups in total. The number of nitrogens with zero attached hydrogens (tertiary/aromatic N) is 1. The van der Waals surface area contributed by atoms with E-state index < -0.39 is 0 Å². The molecule has 1 aromatic rings. The number of carbonyl (C=O) groups is 1. The van der Waals surface area contributed by atoms with Gasteiger partial charge in [-0.1, -0.05) is 30.3 Å². The molecule has 0 unspecified atom stereocenters. The molecule has 0 saturated carbocycles. The lowest BCUT2D eigenvalue weighted by Crippen LogP contribution is -2.46. The Hall–Kier alpha value is -1.15. The van der Waals surface area contributed by atoms with Gasteiger partial charge in [0.15, 0.2) is 0 Å². The van der Waals surface area contributed by atoms with Gasteiger partial charge < -0.3 is 4.79 Å². The summed E-state index contributed by atoms with van der Waals surface area (Å²) in [6.07, 6.45) is 1.06. The second-order valence-corrected chi connectivity index (χ2v) is 3.58. The molecule has 0 radical (unpaired) electrons. The summed E-state index contributed by atoms with van der Waals surface area (Å²) >= 11 is 0. The number of hydrogen-bond donors (Lipinski definition) is 0. The molecule has 2 nitrogen and oxygen atoms in total. The van der Waals surface area contributed by atoms with Crippen molar-refractivity contribution >= 4 is 6.29 Å². The largest absolute Gasteiger partial charge is 0.303 e. The smallest absolute Gasteiger partial charge is 0.125 e. The minimum absolute atomic E-state index is 0.281. The van der Waals surface area contributed by atoms with Gasteiger partial charge in [-0.15, -0.1) is 0 Å². The molecule has 2 heteroatoms. The van der Waals surface area contributed by atoms with Crippen LogP contribution in [0.2, 0.25) is 0 Å². The highest BCUT2D eigenvalue weighted by atomic mass is 16.1. The number of benzene rings is 1. The SMILES string of the molecule is O=CC1CN(Cc2ccccc2)C1. The topological polar surface area (TPSA) is 20.3 Å². The van der Waals surface area contributed by atoms with E-state index in [4.69, 9.17) is 0 Å². The third-order valence-electron chi connectivity index (χ3n) is 2.43. The molecule has 0 atom stereocenters. The lowest BCUT2D eigenvalue weighted by atomic mass is 10.0. The molecule has 1 aromatic carbocycles. The Balaban J connectivity index is 1.84. The lowest BCUT2D eigenvalue weighted by Gasteiger charge is -2.36. The highest BCUT2D eigenvalue weighted by Crippen LogP contribution is 2.16. The van der Waals surface area contributed by atoms with E-state index >= 15 is 0 Å². The fourth-order valence-corrected chi connectivity index (χ4v) is 1.67. The van der Waals surface area contributed by atoms with E-state index in [9.17, 15) is 4.79 Å². The normalized spacial score (nSPS) is 18.2. The average molecular weight is 175 g/mol. The van der Waals surface area contributed by atoms with Crippen molar-refractivity contribution in [3.8, 4) is 0 Å². The van der Waals surface area contributed by atoms with E-state index in [0.717, 1.165) is 25.9 Å². The molecule has 0 aromatic heterocycles. The zero-order valence-corrected chi connectivity index (χ0v) is 7.52. The predicted molar refractivity (Wildman–Crippen MR) is 51.3 cm³/mol. The van der Waals surface area contributed by atoms with Crippen molar-refractivity contribution < 1.29 is 4.79 Å². The minimum Gasteiger partial charge on any atom is -0.303 e. The van der Waals surface area contributed by atoms with Crippen LogP contribution >= 0.6 is 0 Å². The third kappa shape index (κ3) is 1.95. The first-order valence-corrected chi connectivity index (χ1v) is 4.60. The molecular weight excluding hydrogens is 162 g/mol. The van der Waals surface area contributed by atoms with Gasteiger partial charge in [-0.25, -0.2) is 0 Å². The first kappa shape index (κ1) is 8.45. The van der Waals surface area contributed by atoms with Crippen LogP contribution < -0.4 is 0 Å². The van der Waals surface area contributed by atoms with E-state index in [1.54, 1.807) is 0 Å². The van der Waals surface area contributed by atoms with Crippen LogP contribution in [0.5, 0.6) is 0 Å². The summed E-state index contributed by atoms with van der Waals surface area (Å²) in [6, 6.07) is 10.4. The number of hydrogen-bond acceptors (Lipinski definition) is 2. The van der Waals surface area contributed by atoms with Crippen LogP contribution in [0.3, 0.4) is 0 Å². The first-order valence-electron chi connectivity index (χ1n) is 4.60. The summed E-state index contributed by atoms with van der Waals surface area (Å²) in [5.41, 5.74) is 1.33. The molecular formula is C11H13NO. The molecule has 1 saturated heterocycles. The number of aldehydes is 1. The molecule has 13 heavy (non-hydrogen) atoms. The van der Waals surface area contributed by atoms with Crippen molar-refractivity contribution in [2.75, 3.05) is 13.1 Å². The quantitative estimate of drug-likeness (QED) is 0.646. The van der Waals surface area contributed by atoms with Crippen molar-refractivity contribution in [1.82, 2.24) is 4.90 Å². The molecule has 0 amide bonds. The highest BCUT2D eigenvalue weighted by Gasteiger charge is 2.25. The maximum Gasteiger partial charge on any atom is 0.125 e. The van der Waals surface area contributed by atoms with Gasteiger partial charge in [-0.05, 0) is 5.56 Å². The number of rotatable bonds is 3. The third-order valence-corrected chi connectivity index (χ3v) is 2.43. The molecule has 0 spiro atoms. The summed E-state index contributed by atoms with van der Waals surface area (Å²) in [5, 5.41) is 0. The fourth-order valence-electron chi connectivity index (χ4n) is 1.67. The average Bonchev–Trinajstić information content (AvgIpc) is 2.12. The summed E-state index contributed by atoms with van der Waals surface area (Å²) in [4.78, 5) is 12.6. The summed E-state index contributed by atoms with van der Waals surface area (Å²) in [5.74, 6) is 0.281. The van der Waals surface area contributed by atoms with Gasteiger partial charge >= 0.3 is 0 Å². The molecule has 0 bridgehead atoms. The summed E-state index contributed by atoms with van der Waals surface area (Å²) in [6.45, 7) is 2.84. The Morgan fingerprint density at radius 3 is 2.62 bits per heavy atom. The zero-order chi connectivity index (χ0) is 9.10. The second kappa shape index (κ2) is 3.71. The number of carbonyl (C=O) groups excluding carboxylic acids is 1. The Labute approximate surface area is 78.2 Å². The van der Waals surface area contributed by atoms with E-state index in [1.165, 1.54) is 5.56 Å². The van der Waals surface area contributed by atoms with Gasteiger partial charge in [0.25, 0.3) is 0 Å². The van der Waals surface area contributed by atoms with E-state index in [-0.39, 0.29) is 5.92 Å². The van der Waals surface area contributed by atoms with Gasteiger partial charge in [-0.2, -0.15) is 0 Å². The van der Waals surface area contributed by atoms with Crippen LogP contribution in [-0.4, -0.2) is 24.3 Å². The molecule has 0 aliphatic carbocycles. The Kier molecular flexibility index (Phi) is 2.41. The predicted octanol–water partition coefficient (Wildman–Crippen LogP) is 1.32. The van der Waals surface area contributed by atoms with Crippen molar-refractivity contribution in [3.05, 3.63) is 35.9 Å². The Morgan fingerprint density at radius 1 is 1.31 bits per heavy atom. The van der Waals surface area contributed by atoms with Crippen LogP contribution in [0.15, 0.2) is 30.3 Å². The summed E-state index contributed by atoms with van der Waals surface area (Å²) < 4.78 is 0. The Bertz CT molecular complexity index is 277. The van der Waals surface area contributed by atoms with Crippen molar-refractivity contribution in [3.63, 3.8) is 0 Å². The lowest BCUT2D eigenvalue weighted by molar-refractivity contribution is -0.115. The standard InChI is InChI=1S/C11H13NO/c13-9-11-7-12(8-11)6-10-4-2-1-3-5-10/h1-5,9,11H,6-8H2. The van der Waals surface area contributed by atoms with Crippen molar-refractivity contribution in [1.29, 1.82) is 0 Å². The van der Waals surface area contributed by atoms with Crippen molar-refractivity contribution in [2.24, 2.45) is 5.92 Å². The van der Waals surface area contributed by atoms with Gasteiger partial charge in [0.1, 0.15) is 6.29 Å². The van der Waals surface area contributed by atoms with Gasteiger partial charge in [0.05, 0.1) is 0 Å². The second-order valence-electron chi connectivity index (χ2n) is 3.58. The monoisotopic (exact) mass is 175 g/mol. The maximum absolute atomic E-state index is 10.4. The van der Waals surface area contributed by atoms with Crippen LogP contribution in [0.25, 0.3) is 0 Å². The number of likely N-dealkylation sites (tertiary alicyclic amines) is 1. The molecule has 1 heterocycles. The van der Waals surface area contributed by atoms with E-state index in [0.29, 0.717) is 0 Å². The van der Waals surface area contributed by atoms with Crippen LogP contribution in [-0.2, 0) is 11.3 Å². The molecule has 2 rings (SSSR count). The maximum atomic E-state index is 10.4. The molecule has 68 valence electrons. The minimum atomic E-state index is 0.281. The Morgan fingerprint density at radius 2 is 2.00 bits per heavy atom. The van der Waals surface area contributed by atoms with E-state index in [1.807, 2.05) is 18.2 Å². The molecule has 1 aliphatic rings. The zero-order valence-electron chi connectivity index (χ0n) is 7.52. The van der Waals surface area contributed by atoms with Gasteiger partial charge in [0, 0.05) is 25.6 Å². The van der Waals surface area contributed by atoms with E-state index in [2.05, 4.69) is 17.0 Å². The first-order chi connectivity index (χ1) is 6.38. The molecule has 1 aliphatic heterocycles. The van der Waals surface area contributed by atoms with Crippen molar-refractivity contribution in [2.45, 2.75) is 6.54 Å². The fraction of sp³-hybridized carbons (Fsp3) is 0.364. The van der Waals surface area contributed by atoms with Gasteiger partial charge in [-0.3, -0.25) is 4.90 Å². The molecule has 1 fully saturated rings. The van der Waals surface area contributed by atoms with Crippen LogP contribution in [0.1, 0.15) is 5.56 Å². The van der Waals surface area contributed by atoms with Crippen LogP contribution in [0, 0.1) is 5.92 Å². The highest BCUT2D eigenvalue weighted by molar-refractivity contribution is 5.55. The van der Waals surface area contributed by atoms with Crippen LogP contribution in [0.4, 0.5) is 0 Å².